The molecule has 5 heteroatoms. The maximum Gasteiger partial charge on any atom is 0.335 e. The highest BCUT2D eigenvalue weighted by Gasteiger charge is 2.06. The van der Waals surface area contributed by atoms with Crippen molar-refractivity contribution >= 4 is 17.6 Å². The zero-order chi connectivity index (χ0) is 17.2. The van der Waals surface area contributed by atoms with Crippen LogP contribution in [-0.2, 0) is 0 Å². The Labute approximate surface area is 134 Å². The Hall–Kier alpha value is -3.26. The fraction of sp³-hybridized carbons (Fsp3) is 0.111. The SMILES string of the molecule is C#CCNc1ccc(C)cc1.O=C(O)c1cccc(C(=O)O)c1. The van der Waals surface area contributed by atoms with Gasteiger partial charge in [0.1, 0.15) is 0 Å². The van der Waals surface area contributed by atoms with E-state index in [1.165, 1.54) is 23.8 Å². The molecule has 0 aliphatic heterocycles. The molecule has 0 heterocycles. The van der Waals surface area contributed by atoms with Gasteiger partial charge < -0.3 is 15.5 Å². The number of benzene rings is 2. The lowest BCUT2D eigenvalue weighted by Crippen LogP contribution is -2.01. The van der Waals surface area contributed by atoms with Crippen LogP contribution in [0.5, 0.6) is 0 Å². The normalized spacial score (nSPS) is 9.04. The Morgan fingerprint density at radius 3 is 2.00 bits per heavy atom. The van der Waals surface area contributed by atoms with E-state index < -0.39 is 11.9 Å². The zero-order valence-corrected chi connectivity index (χ0v) is 12.6. The average molecular weight is 311 g/mol. The van der Waals surface area contributed by atoms with Crippen LogP contribution in [0.3, 0.4) is 0 Å². The largest absolute Gasteiger partial charge is 0.478 e. The first-order valence-electron chi connectivity index (χ1n) is 6.74. The topological polar surface area (TPSA) is 86.6 Å². The first-order chi connectivity index (χ1) is 10.9. The van der Waals surface area contributed by atoms with Crippen molar-refractivity contribution < 1.29 is 19.8 Å². The van der Waals surface area contributed by atoms with E-state index in [1.54, 1.807) is 0 Å². The van der Waals surface area contributed by atoms with Crippen LogP contribution in [0.25, 0.3) is 0 Å². The molecule has 0 amide bonds. The molecule has 0 unspecified atom stereocenters. The van der Waals surface area contributed by atoms with Gasteiger partial charge in [-0.3, -0.25) is 0 Å². The maximum atomic E-state index is 10.4. The van der Waals surface area contributed by atoms with Gasteiger partial charge in [0.15, 0.2) is 0 Å². The lowest BCUT2D eigenvalue weighted by Gasteiger charge is -2.01. The van der Waals surface area contributed by atoms with E-state index in [2.05, 4.69) is 30.3 Å². The third-order valence-electron chi connectivity index (χ3n) is 2.80. The summed E-state index contributed by atoms with van der Waals surface area (Å²) in [5.74, 6) is 0.266. The van der Waals surface area contributed by atoms with Crippen LogP contribution in [0.4, 0.5) is 5.69 Å². The molecular weight excluding hydrogens is 294 g/mol. The zero-order valence-electron chi connectivity index (χ0n) is 12.6. The average Bonchev–Trinajstić information content (AvgIpc) is 2.55. The monoisotopic (exact) mass is 311 g/mol. The molecule has 0 saturated carbocycles. The molecule has 0 aliphatic carbocycles. The van der Waals surface area contributed by atoms with Gasteiger partial charge in [-0.1, -0.05) is 29.7 Å². The molecule has 2 aromatic carbocycles. The van der Waals surface area contributed by atoms with E-state index in [4.69, 9.17) is 16.6 Å². The van der Waals surface area contributed by atoms with Gasteiger partial charge in [0.25, 0.3) is 0 Å². The van der Waals surface area contributed by atoms with Crippen LogP contribution >= 0.6 is 0 Å². The highest BCUT2D eigenvalue weighted by molar-refractivity contribution is 5.93. The van der Waals surface area contributed by atoms with E-state index in [9.17, 15) is 9.59 Å². The summed E-state index contributed by atoms with van der Waals surface area (Å²) < 4.78 is 0. The van der Waals surface area contributed by atoms with Crippen molar-refractivity contribution in [3.05, 3.63) is 65.2 Å². The van der Waals surface area contributed by atoms with Crippen molar-refractivity contribution in [2.75, 3.05) is 11.9 Å². The predicted molar refractivity (Wildman–Crippen MR) is 88.9 cm³/mol. The Kier molecular flexibility index (Phi) is 6.89. The molecule has 3 N–H and O–H groups in total. The highest BCUT2D eigenvalue weighted by atomic mass is 16.4. The molecular formula is C18H17NO4. The van der Waals surface area contributed by atoms with Crippen molar-refractivity contribution in [2.24, 2.45) is 0 Å². The fourth-order valence-electron chi connectivity index (χ4n) is 1.61. The number of carboxylic acid groups (broad SMARTS) is 2. The van der Waals surface area contributed by atoms with Gasteiger partial charge in [0.2, 0.25) is 0 Å². The number of terminal acetylenes is 1. The minimum absolute atomic E-state index is 0.0186. The number of carboxylic acids is 2. The van der Waals surface area contributed by atoms with Gasteiger partial charge >= 0.3 is 11.9 Å². The highest BCUT2D eigenvalue weighted by Crippen LogP contribution is 2.07. The van der Waals surface area contributed by atoms with Gasteiger partial charge in [-0.15, -0.1) is 6.42 Å². The summed E-state index contributed by atoms with van der Waals surface area (Å²) in [6.07, 6.45) is 5.09. The lowest BCUT2D eigenvalue weighted by molar-refractivity contribution is 0.0696. The number of rotatable bonds is 4. The summed E-state index contributed by atoms with van der Waals surface area (Å²) in [4.78, 5) is 20.8. The van der Waals surface area contributed by atoms with E-state index in [0.717, 1.165) is 11.8 Å². The molecule has 0 aliphatic rings. The maximum absolute atomic E-state index is 10.4. The van der Waals surface area contributed by atoms with E-state index >= 15 is 0 Å². The number of anilines is 1. The molecule has 2 aromatic rings. The smallest absolute Gasteiger partial charge is 0.335 e. The van der Waals surface area contributed by atoms with Gasteiger partial charge in [-0.25, -0.2) is 9.59 Å². The Balaban J connectivity index is 0.000000231. The first-order valence-corrected chi connectivity index (χ1v) is 6.74. The van der Waals surface area contributed by atoms with E-state index in [-0.39, 0.29) is 11.1 Å². The molecule has 0 spiro atoms. The van der Waals surface area contributed by atoms with Crippen molar-refractivity contribution in [1.29, 1.82) is 0 Å². The Morgan fingerprint density at radius 2 is 1.57 bits per heavy atom. The molecule has 23 heavy (non-hydrogen) atoms. The summed E-state index contributed by atoms with van der Waals surface area (Å²) in [6, 6.07) is 13.3. The van der Waals surface area contributed by atoms with Gasteiger partial charge in [0, 0.05) is 5.69 Å². The molecule has 0 atom stereocenters. The first kappa shape index (κ1) is 17.8. The second-order valence-corrected chi connectivity index (χ2v) is 4.61. The Morgan fingerprint density at radius 1 is 1.04 bits per heavy atom. The van der Waals surface area contributed by atoms with Crippen molar-refractivity contribution in [3.8, 4) is 12.3 Å². The van der Waals surface area contributed by atoms with Gasteiger partial charge in [-0.05, 0) is 37.3 Å². The fourth-order valence-corrected chi connectivity index (χ4v) is 1.61. The van der Waals surface area contributed by atoms with E-state index in [0.29, 0.717) is 6.54 Å². The van der Waals surface area contributed by atoms with Crippen LogP contribution in [0.1, 0.15) is 26.3 Å². The molecule has 0 fully saturated rings. The van der Waals surface area contributed by atoms with Crippen LogP contribution in [0, 0.1) is 19.3 Å². The number of nitrogens with one attached hydrogen (secondary N) is 1. The van der Waals surface area contributed by atoms with Gasteiger partial charge in [0.05, 0.1) is 17.7 Å². The second-order valence-electron chi connectivity index (χ2n) is 4.61. The van der Waals surface area contributed by atoms with Crippen LogP contribution in [0.15, 0.2) is 48.5 Å². The standard InChI is InChI=1S/C10H11N.C8H6O4/c1-3-8-11-10-6-4-9(2)5-7-10;9-7(10)5-2-1-3-6(4-5)8(11)12/h1,4-7,11H,8H2,2H3;1-4H,(H,9,10)(H,11,12). The predicted octanol–water partition coefficient (Wildman–Crippen LogP) is 3.12. The summed E-state index contributed by atoms with van der Waals surface area (Å²) >= 11 is 0. The summed E-state index contributed by atoms with van der Waals surface area (Å²) in [7, 11) is 0. The van der Waals surface area contributed by atoms with Crippen LogP contribution in [0.2, 0.25) is 0 Å². The van der Waals surface area contributed by atoms with Crippen LogP contribution < -0.4 is 5.32 Å². The molecule has 5 nitrogen and oxygen atoms in total. The molecule has 0 aromatic heterocycles. The third-order valence-corrected chi connectivity index (χ3v) is 2.80. The molecule has 0 saturated heterocycles. The number of carbonyl (C=O) groups is 2. The summed E-state index contributed by atoms with van der Waals surface area (Å²) in [6.45, 7) is 2.65. The van der Waals surface area contributed by atoms with Crippen molar-refractivity contribution in [1.82, 2.24) is 0 Å². The molecule has 118 valence electrons. The van der Waals surface area contributed by atoms with Crippen molar-refractivity contribution in [2.45, 2.75) is 6.92 Å². The summed E-state index contributed by atoms with van der Waals surface area (Å²) in [5, 5.41) is 20.1. The molecule has 2 rings (SSSR count). The Bertz CT molecular complexity index is 685. The number of hydrogen-bond acceptors (Lipinski definition) is 3. The van der Waals surface area contributed by atoms with Gasteiger partial charge in [-0.2, -0.15) is 0 Å². The van der Waals surface area contributed by atoms with E-state index in [1.807, 2.05) is 12.1 Å². The minimum Gasteiger partial charge on any atom is -0.478 e. The molecule has 0 bridgehead atoms. The molecule has 0 radical (unpaired) electrons. The number of aryl methyl sites for hydroxylation is 1. The summed E-state index contributed by atoms with van der Waals surface area (Å²) in [5.41, 5.74) is 2.30. The second kappa shape index (κ2) is 8.90. The number of aromatic carboxylic acids is 2. The van der Waals surface area contributed by atoms with Crippen LogP contribution in [-0.4, -0.2) is 28.7 Å². The lowest BCUT2D eigenvalue weighted by atomic mass is 10.1. The number of hydrogen-bond donors (Lipinski definition) is 3. The minimum atomic E-state index is -1.13. The third kappa shape index (κ3) is 6.36. The quantitative estimate of drug-likeness (QED) is 0.755. The van der Waals surface area contributed by atoms with Crippen molar-refractivity contribution in [3.63, 3.8) is 0 Å².